The minimum atomic E-state index is -0.221. The maximum atomic E-state index is 13.3. The molecule has 2 aliphatic rings. The summed E-state index contributed by atoms with van der Waals surface area (Å²) in [6.07, 6.45) is 3.37. The van der Waals surface area contributed by atoms with Gasteiger partial charge in [-0.3, -0.25) is 9.59 Å². The van der Waals surface area contributed by atoms with Gasteiger partial charge in [-0.2, -0.15) is 0 Å². The molecule has 1 aromatic heterocycles. The SMILES string of the molecule is CC(C)CN1C[C@@H](C(=O)N2CCCC[C@H]2c2nc3ccccc3[nH]2)CC1=O. The van der Waals surface area contributed by atoms with Crippen LogP contribution in [0.15, 0.2) is 24.3 Å². The Morgan fingerprint density at radius 1 is 1.30 bits per heavy atom. The molecule has 1 N–H and O–H groups in total. The third-order valence-electron chi connectivity index (χ3n) is 5.66. The molecule has 0 saturated carbocycles. The Kier molecular flexibility index (Phi) is 4.89. The Morgan fingerprint density at radius 3 is 2.89 bits per heavy atom. The fraction of sp³-hybridized carbons (Fsp3) is 0.571. The Morgan fingerprint density at radius 2 is 2.11 bits per heavy atom. The second-order valence-corrected chi connectivity index (χ2v) is 8.28. The first-order valence-electron chi connectivity index (χ1n) is 10.1. The van der Waals surface area contributed by atoms with Gasteiger partial charge in [0.2, 0.25) is 11.8 Å². The van der Waals surface area contributed by atoms with Crippen LogP contribution in [0.1, 0.15) is 51.4 Å². The maximum Gasteiger partial charge on any atom is 0.228 e. The van der Waals surface area contributed by atoms with E-state index >= 15 is 0 Å². The number of hydrogen-bond donors (Lipinski definition) is 1. The average Bonchev–Trinajstić information content (AvgIpc) is 3.24. The number of likely N-dealkylation sites (tertiary alicyclic amines) is 2. The number of benzene rings is 1. The molecule has 2 saturated heterocycles. The molecule has 2 aromatic rings. The van der Waals surface area contributed by atoms with E-state index in [1.165, 1.54) is 0 Å². The second-order valence-electron chi connectivity index (χ2n) is 8.28. The minimum Gasteiger partial charge on any atom is -0.342 e. The summed E-state index contributed by atoms with van der Waals surface area (Å²) in [6.45, 7) is 6.24. The first-order chi connectivity index (χ1) is 13.0. The molecule has 0 unspecified atom stereocenters. The van der Waals surface area contributed by atoms with Gasteiger partial charge in [-0.05, 0) is 37.3 Å². The van der Waals surface area contributed by atoms with Crippen LogP contribution in [0.2, 0.25) is 0 Å². The number of hydrogen-bond acceptors (Lipinski definition) is 3. The van der Waals surface area contributed by atoms with Gasteiger partial charge in [-0.25, -0.2) is 4.98 Å². The second kappa shape index (κ2) is 7.33. The lowest BCUT2D eigenvalue weighted by molar-refractivity contribution is -0.139. The van der Waals surface area contributed by atoms with Gasteiger partial charge >= 0.3 is 0 Å². The minimum absolute atomic E-state index is 0.0205. The number of carbonyl (C=O) groups is 2. The highest BCUT2D eigenvalue weighted by atomic mass is 16.2. The summed E-state index contributed by atoms with van der Waals surface area (Å²) >= 11 is 0. The van der Waals surface area contributed by atoms with Gasteiger partial charge in [-0.15, -0.1) is 0 Å². The van der Waals surface area contributed by atoms with Gasteiger partial charge in [0.1, 0.15) is 5.82 Å². The van der Waals surface area contributed by atoms with Crippen molar-refractivity contribution < 1.29 is 9.59 Å². The summed E-state index contributed by atoms with van der Waals surface area (Å²) in [5, 5.41) is 0. The molecule has 4 rings (SSSR count). The number of nitrogens with one attached hydrogen (secondary N) is 1. The van der Waals surface area contributed by atoms with Crippen molar-refractivity contribution >= 4 is 22.8 Å². The molecule has 6 heteroatoms. The number of fused-ring (bicyclic) bond motifs is 1. The van der Waals surface area contributed by atoms with Crippen LogP contribution in [-0.2, 0) is 9.59 Å². The molecule has 3 heterocycles. The predicted octanol–water partition coefficient (Wildman–Crippen LogP) is 3.12. The Bertz CT molecular complexity index is 811. The quantitative estimate of drug-likeness (QED) is 0.901. The van der Waals surface area contributed by atoms with Crippen LogP contribution in [0.5, 0.6) is 0 Å². The molecule has 2 atom stereocenters. The van der Waals surface area contributed by atoms with E-state index in [9.17, 15) is 9.59 Å². The Balaban J connectivity index is 1.54. The van der Waals surface area contributed by atoms with Gasteiger partial charge in [0.15, 0.2) is 0 Å². The molecule has 0 bridgehead atoms. The van der Waals surface area contributed by atoms with E-state index in [1.807, 2.05) is 34.1 Å². The number of H-pyrrole nitrogens is 1. The zero-order valence-corrected chi connectivity index (χ0v) is 16.1. The van der Waals surface area contributed by atoms with Crippen molar-refractivity contribution in [1.82, 2.24) is 19.8 Å². The Hall–Kier alpha value is -2.37. The van der Waals surface area contributed by atoms with Crippen molar-refractivity contribution in [1.29, 1.82) is 0 Å². The summed E-state index contributed by atoms with van der Waals surface area (Å²) in [6, 6.07) is 7.95. The average molecular weight is 368 g/mol. The van der Waals surface area contributed by atoms with E-state index in [4.69, 9.17) is 4.98 Å². The molecule has 1 aromatic carbocycles. The van der Waals surface area contributed by atoms with Crippen LogP contribution in [0.3, 0.4) is 0 Å². The molecule has 27 heavy (non-hydrogen) atoms. The van der Waals surface area contributed by atoms with Crippen molar-refractivity contribution in [3.05, 3.63) is 30.1 Å². The van der Waals surface area contributed by atoms with Gasteiger partial charge < -0.3 is 14.8 Å². The normalized spacial score (nSPS) is 23.6. The zero-order valence-electron chi connectivity index (χ0n) is 16.1. The zero-order chi connectivity index (χ0) is 19.0. The molecular weight excluding hydrogens is 340 g/mol. The highest BCUT2D eigenvalue weighted by molar-refractivity contribution is 5.89. The smallest absolute Gasteiger partial charge is 0.228 e. The standard InChI is InChI=1S/C21H28N4O2/c1-14(2)12-24-13-15(11-19(24)26)21(27)25-10-6-5-9-18(25)20-22-16-7-3-4-8-17(16)23-20/h3-4,7-8,14-15,18H,5-6,9-13H2,1-2H3,(H,22,23)/t15-,18-/m0/s1. The fourth-order valence-electron chi connectivity index (χ4n) is 4.40. The maximum absolute atomic E-state index is 13.3. The van der Waals surface area contributed by atoms with E-state index in [2.05, 4.69) is 18.8 Å². The number of aromatic nitrogens is 2. The molecule has 6 nitrogen and oxygen atoms in total. The van der Waals surface area contributed by atoms with Crippen molar-refractivity contribution in [3.8, 4) is 0 Å². The topological polar surface area (TPSA) is 69.3 Å². The summed E-state index contributed by atoms with van der Waals surface area (Å²) in [5.41, 5.74) is 1.94. The van der Waals surface area contributed by atoms with Crippen molar-refractivity contribution in [2.75, 3.05) is 19.6 Å². The van der Waals surface area contributed by atoms with Crippen LogP contribution in [0.25, 0.3) is 11.0 Å². The molecule has 0 radical (unpaired) electrons. The van der Waals surface area contributed by atoms with Gasteiger partial charge in [0, 0.05) is 26.1 Å². The lowest BCUT2D eigenvalue weighted by Gasteiger charge is -2.36. The van der Waals surface area contributed by atoms with Crippen molar-refractivity contribution in [2.24, 2.45) is 11.8 Å². The molecule has 0 spiro atoms. The van der Waals surface area contributed by atoms with Crippen LogP contribution in [0, 0.1) is 11.8 Å². The highest BCUT2D eigenvalue weighted by Crippen LogP contribution is 2.33. The summed E-state index contributed by atoms with van der Waals surface area (Å²) in [4.78, 5) is 37.6. The molecule has 2 aliphatic heterocycles. The number of piperidine rings is 1. The van der Waals surface area contributed by atoms with Gasteiger partial charge in [0.25, 0.3) is 0 Å². The van der Waals surface area contributed by atoms with Crippen LogP contribution in [0.4, 0.5) is 0 Å². The van der Waals surface area contributed by atoms with E-state index in [0.717, 1.165) is 49.2 Å². The predicted molar refractivity (Wildman–Crippen MR) is 104 cm³/mol. The number of nitrogens with zero attached hydrogens (tertiary/aromatic N) is 3. The van der Waals surface area contributed by atoms with E-state index in [-0.39, 0.29) is 23.8 Å². The molecular formula is C21H28N4O2. The van der Waals surface area contributed by atoms with Gasteiger partial charge in [-0.1, -0.05) is 26.0 Å². The van der Waals surface area contributed by atoms with Crippen LogP contribution < -0.4 is 0 Å². The fourth-order valence-corrected chi connectivity index (χ4v) is 4.40. The molecule has 2 amide bonds. The molecule has 144 valence electrons. The third kappa shape index (κ3) is 3.57. The van der Waals surface area contributed by atoms with E-state index in [1.54, 1.807) is 0 Å². The third-order valence-corrected chi connectivity index (χ3v) is 5.66. The van der Waals surface area contributed by atoms with E-state index in [0.29, 0.717) is 18.9 Å². The van der Waals surface area contributed by atoms with Crippen molar-refractivity contribution in [2.45, 2.75) is 45.6 Å². The number of para-hydroxylation sites is 2. The lowest BCUT2D eigenvalue weighted by atomic mass is 9.98. The summed E-state index contributed by atoms with van der Waals surface area (Å²) in [5.74, 6) is 1.29. The number of carbonyl (C=O) groups excluding carboxylic acids is 2. The van der Waals surface area contributed by atoms with Crippen molar-refractivity contribution in [3.63, 3.8) is 0 Å². The van der Waals surface area contributed by atoms with Crippen LogP contribution >= 0.6 is 0 Å². The first kappa shape index (κ1) is 18.0. The summed E-state index contributed by atoms with van der Waals surface area (Å²) < 4.78 is 0. The largest absolute Gasteiger partial charge is 0.342 e. The monoisotopic (exact) mass is 368 g/mol. The highest BCUT2D eigenvalue weighted by Gasteiger charge is 2.40. The number of aromatic amines is 1. The summed E-state index contributed by atoms with van der Waals surface area (Å²) in [7, 11) is 0. The van der Waals surface area contributed by atoms with Gasteiger partial charge in [0.05, 0.1) is 23.0 Å². The Labute approximate surface area is 159 Å². The number of rotatable bonds is 4. The first-order valence-corrected chi connectivity index (χ1v) is 10.1. The van der Waals surface area contributed by atoms with Crippen LogP contribution in [-0.4, -0.2) is 51.2 Å². The number of imidazole rings is 1. The lowest BCUT2D eigenvalue weighted by Crippen LogP contribution is -2.43. The molecule has 0 aliphatic carbocycles. The number of amides is 2. The van der Waals surface area contributed by atoms with E-state index < -0.39 is 0 Å². The molecule has 2 fully saturated rings.